The van der Waals surface area contributed by atoms with Crippen molar-refractivity contribution in [2.24, 2.45) is 0 Å². The Kier molecular flexibility index (Phi) is 4.46. The largest absolute Gasteiger partial charge is 0.564 e. The van der Waals surface area contributed by atoms with Gasteiger partial charge in [-0.3, -0.25) is 4.79 Å². The number of carbonyl (C=O) groups is 1. The average molecular weight is 316 g/mol. The molecule has 2 aliphatic rings. The van der Waals surface area contributed by atoms with E-state index in [4.69, 9.17) is 18.8 Å². The monoisotopic (exact) mass is 316 g/mol. The lowest BCUT2D eigenvalue weighted by molar-refractivity contribution is -0.105. The molecule has 122 valence electrons. The van der Waals surface area contributed by atoms with Gasteiger partial charge in [-0.15, -0.1) is 0 Å². The third kappa shape index (κ3) is 3.43. The molecule has 1 aromatic carbocycles. The van der Waals surface area contributed by atoms with Gasteiger partial charge >= 0.3 is 7.12 Å². The van der Waals surface area contributed by atoms with Crippen LogP contribution in [0.25, 0.3) is 0 Å². The summed E-state index contributed by atoms with van der Waals surface area (Å²) < 4.78 is 23.0. The maximum absolute atomic E-state index is 11.3. The van der Waals surface area contributed by atoms with Crippen LogP contribution in [0.4, 0.5) is 0 Å². The quantitative estimate of drug-likeness (QED) is 0.631. The number of carbonyl (C=O) groups excluding carboxylic acids is 1. The van der Waals surface area contributed by atoms with E-state index in [1.165, 1.54) is 0 Å². The molecule has 1 aromatic rings. The number of ether oxygens (including phenoxy) is 2. The van der Waals surface area contributed by atoms with Gasteiger partial charge in [-0.05, 0) is 44.9 Å². The van der Waals surface area contributed by atoms with Crippen molar-refractivity contribution in [3.05, 3.63) is 36.1 Å². The Morgan fingerprint density at radius 2 is 2.22 bits per heavy atom. The molecule has 1 unspecified atom stereocenters. The van der Waals surface area contributed by atoms with E-state index >= 15 is 0 Å². The molecular formula is C17H21BO5. The fourth-order valence-electron chi connectivity index (χ4n) is 2.65. The van der Waals surface area contributed by atoms with Crippen molar-refractivity contribution in [1.29, 1.82) is 0 Å². The van der Waals surface area contributed by atoms with Gasteiger partial charge in [0.25, 0.3) is 0 Å². The molecule has 2 saturated heterocycles. The lowest BCUT2D eigenvalue weighted by Gasteiger charge is -2.24. The summed E-state index contributed by atoms with van der Waals surface area (Å²) in [6, 6.07) is 5.25. The van der Waals surface area contributed by atoms with Gasteiger partial charge in [0.1, 0.15) is 17.6 Å². The van der Waals surface area contributed by atoms with Crippen LogP contribution >= 0.6 is 0 Å². The minimum Gasteiger partial charge on any atom is -0.534 e. The lowest BCUT2D eigenvalue weighted by Crippen LogP contribution is -2.37. The number of rotatable bonds is 4. The predicted molar refractivity (Wildman–Crippen MR) is 86.8 cm³/mol. The van der Waals surface area contributed by atoms with E-state index in [1.54, 1.807) is 18.2 Å². The van der Waals surface area contributed by atoms with Crippen molar-refractivity contribution >= 4 is 18.9 Å². The van der Waals surface area contributed by atoms with Gasteiger partial charge < -0.3 is 18.8 Å². The van der Waals surface area contributed by atoms with Crippen molar-refractivity contribution < 1.29 is 23.6 Å². The molecule has 2 fully saturated rings. The molecule has 0 aromatic heterocycles. The predicted octanol–water partition coefficient (Wildman–Crippen LogP) is 2.44. The fraction of sp³-hybridized carbons (Fsp3) is 0.471. The number of aldehydes is 1. The molecular weight excluding hydrogens is 295 g/mol. The molecule has 0 bridgehead atoms. The maximum atomic E-state index is 11.3. The minimum atomic E-state index is -0.659. The van der Waals surface area contributed by atoms with Crippen LogP contribution in [-0.2, 0) is 14.0 Å². The molecule has 1 atom stereocenters. The third-order valence-electron chi connectivity index (χ3n) is 4.17. The van der Waals surface area contributed by atoms with Crippen LogP contribution in [0.2, 0.25) is 0 Å². The Bertz CT molecular complexity index is 607. The smallest absolute Gasteiger partial charge is 0.534 e. The van der Waals surface area contributed by atoms with Crippen LogP contribution in [0.5, 0.6) is 5.75 Å². The zero-order valence-corrected chi connectivity index (χ0v) is 13.5. The van der Waals surface area contributed by atoms with Gasteiger partial charge in [-0.25, -0.2) is 0 Å². The summed E-state index contributed by atoms with van der Waals surface area (Å²) >= 11 is 0. The zero-order chi connectivity index (χ0) is 16.4. The van der Waals surface area contributed by atoms with Crippen molar-refractivity contribution in [2.75, 3.05) is 6.61 Å². The van der Waals surface area contributed by atoms with Crippen LogP contribution in [-0.4, -0.2) is 31.9 Å². The molecule has 0 spiro atoms. The van der Waals surface area contributed by atoms with Gasteiger partial charge in [-0.2, -0.15) is 0 Å². The first kappa shape index (κ1) is 16.1. The van der Waals surface area contributed by atoms with Gasteiger partial charge in [0.05, 0.1) is 12.4 Å². The highest BCUT2D eigenvalue weighted by Crippen LogP contribution is 2.30. The van der Waals surface area contributed by atoms with E-state index in [2.05, 4.69) is 6.58 Å². The summed E-state index contributed by atoms with van der Waals surface area (Å²) in [6.45, 7) is 8.34. The molecule has 2 aliphatic heterocycles. The zero-order valence-electron chi connectivity index (χ0n) is 13.5. The van der Waals surface area contributed by atoms with Gasteiger partial charge in [0, 0.05) is 17.4 Å². The average Bonchev–Trinajstić information content (AvgIpc) is 2.82. The Labute approximate surface area is 136 Å². The van der Waals surface area contributed by atoms with Gasteiger partial charge in [-0.1, -0.05) is 6.58 Å². The lowest BCUT2D eigenvalue weighted by atomic mass is 9.76. The third-order valence-corrected chi connectivity index (χ3v) is 4.17. The highest BCUT2D eigenvalue weighted by Gasteiger charge is 2.44. The Morgan fingerprint density at radius 3 is 2.83 bits per heavy atom. The Balaban J connectivity index is 1.82. The maximum Gasteiger partial charge on any atom is 0.564 e. The van der Waals surface area contributed by atoms with E-state index in [0.717, 1.165) is 25.5 Å². The SMILES string of the molecule is C=C1OB(c2cc(OC3CCCCO3)ccc2C=O)OC1(C)C. The van der Waals surface area contributed by atoms with Crippen LogP contribution in [0.15, 0.2) is 30.5 Å². The normalized spacial score (nSPS) is 23.5. The first-order valence-electron chi connectivity index (χ1n) is 7.91. The molecule has 23 heavy (non-hydrogen) atoms. The van der Waals surface area contributed by atoms with Gasteiger partial charge in [0.15, 0.2) is 6.29 Å². The Morgan fingerprint density at radius 1 is 1.39 bits per heavy atom. The van der Waals surface area contributed by atoms with E-state index in [9.17, 15) is 4.79 Å². The minimum absolute atomic E-state index is 0.240. The van der Waals surface area contributed by atoms with Crippen molar-refractivity contribution in [1.82, 2.24) is 0 Å². The van der Waals surface area contributed by atoms with Crippen LogP contribution in [0.3, 0.4) is 0 Å². The summed E-state index contributed by atoms with van der Waals surface area (Å²) in [5.41, 5.74) is 0.561. The molecule has 3 rings (SSSR count). The number of hydrogen-bond acceptors (Lipinski definition) is 5. The van der Waals surface area contributed by atoms with E-state index in [0.29, 0.717) is 29.1 Å². The van der Waals surface area contributed by atoms with Crippen LogP contribution in [0, 0.1) is 0 Å². The number of benzene rings is 1. The number of hydrogen-bond donors (Lipinski definition) is 0. The molecule has 0 radical (unpaired) electrons. The van der Waals surface area contributed by atoms with Crippen LogP contribution in [0.1, 0.15) is 43.5 Å². The van der Waals surface area contributed by atoms with Crippen molar-refractivity contribution in [3.63, 3.8) is 0 Å². The second-order valence-electron chi connectivity index (χ2n) is 6.32. The van der Waals surface area contributed by atoms with E-state index in [-0.39, 0.29) is 6.29 Å². The highest BCUT2D eigenvalue weighted by molar-refractivity contribution is 6.63. The first-order valence-corrected chi connectivity index (χ1v) is 7.91. The first-order chi connectivity index (χ1) is 11.0. The summed E-state index contributed by atoms with van der Waals surface area (Å²) in [5, 5.41) is 0. The second kappa shape index (κ2) is 6.38. The molecule has 2 heterocycles. The Hall–Kier alpha value is -1.79. The van der Waals surface area contributed by atoms with Crippen molar-refractivity contribution in [2.45, 2.75) is 45.0 Å². The molecule has 0 amide bonds. The van der Waals surface area contributed by atoms with E-state index in [1.807, 2.05) is 13.8 Å². The summed E-state index contributed by atoms with van der Waals surface area (Å²) in [7, 11) is -0.659. The molecule has 0 aliphatic carbocycles. The molecule has 6 heteroatoms. The second-order valence-corrected chi connectivity index (χ2v) is 6.32. The summed E-state index contributed by atoms with van der Waals surface area (Å²) in [6.07, 6.45) is 3.57. The van der Waals surface area contributed by atoms with Gasteiger partial charge in [0.2, 0.25) is 0 Å². The molecule has 0 saturated carbocycles. The van der Waals surface area contributed by atoms with E-state index < -0.39 is 12.7 Å². The highest BCUT2D eigenvalue weighted by atomic mass is 16.7. The topological polar surface area (TPSA) is 54.0 Å². The summed E-state index contributed by atoms with van der Waals surface area (Å²) in [5.74, 6) is 1.18. The molecule has 0 N–H and O–H groups in total. The standard InChI is InChI=1S/C17H21BO5/c1-12-17(2,3)23-18(22-12)15-10-14(8-7-13(15)11-19)21-16-6-4-5-9-20-16/h7-8,10-11,16H,1,4-6,9H2,2-3H3. The summed E-state index contributed by atoms with van der Waals surface area (Å²) in [4.78, 5) is 11.3. The van der Waals surface area contributed by atoms with Crippen LogP contribution < -0.4 is 10.2 Å². The fourth-order valence-corrected chi connectivity index (χ4v) is 2.65. The van der Waals surface area contributed by atoms with Crippen molar-refractivity contribution in [3.8, 4) is 5.75 Å². The molecule has 5 nitrogen and oxygen atoms in total.